The summed E-state index contributed by atoms with van der Waals surface area (Å²) in [5, 5.41) is 3.92. The smallest absolute Gasteiger partial charge is 0.0308 e. The van der Waals surface area contributed by atoms with Gasteiger partial charge in [0.2, 0.25) is 0 Å². The average Bonchev–Trinajstić information content (AvgIpc) is 2.65. The fourth-order valence-electron chi connectivity index (χ4n) is 4.61. The monoisotopic (exact) mass is 279 g/mol. The van der Waals surface area contributed by atoms with Crippen LogP contribution in [0.4, 0.5) is 0 Å². The van der Waals surface area contributed by atoms with Gasteiger partial charge in [-0.2, -0.15) is 0 Å². The average molecular weight is 279 g/mol. The Morgan fingerprint density at radius 1 is 1.00 bits per heavy atom. The van der Waals surface area contributed by atoms with Crippen molar-refractivity contribution in [2.24, 2.45) is 0 Å². The SMILES string of the molecule is CN1CCCCC1CN1CCCNC2(CCCCC2)C1. The number of nitrogens with one attached hydrogen (secondary N) is 1. The molecule has 1 N–H and O–H groups in total. The van der Waals surface area contributed by atoms with Gasteiger partial charge in [-0.15, -0.1) is 0 Å². The molecule has 2 saturated heterocycles. The van der Waals surface area contributed by atoms with Crippen molar-refractivity contribution in [1.82, 2.24) is 15.1 Å². The molecule has 3 heteroatoms. The van der Waals surface area contributed by atoms with Crippen molar-refractivity contribution < 1.29 is 0 Å². The first-order valence-corrected chi connectivity index (χ1v) is 8.95. The number of rotatable bonds is 2. The van der Waals surface area contributed by atoms with Crippen molar-refractivity contribution in [1.29, 1.82) is 0 Å². The lowest BCUT2D eigenvalue weighted by Gasteiger charge is -2.42. The fourth-order valence-corrected chi connectivity index (χ4v) is 4.61. The molecule has 3 nitrogen and oxygen atoms in total. The van der Waals surface area contributed by atoms with E-state index in [9.17, 15) is 0 Å². The molecule has 3 rings (SSSR count). The molecule has 1 atom stereocenters. The van der Waals surface area contributed by atoms with Crippen LogP contribution in [0.3, 0.4) is 0 Å². The van der Waals surface area contributed by atoms with Crippen LogP contribution in [0.25, 0.3) is 0 Å². The minimum absolute atomic E-state index is 0.460. The van der Waals surface area contributed by atoms with Gasteiger partial charge in [-0.25, -0.2) is 0 Å². The topological polar surface area (TPSA) is 18.5 Å². The van der Waals surface area contributed by atoms with Crippen LogP contribution in [0.5, 0.6) is 0 Å². The van der Waals surface area contributed by atoms with Gasteiger partial charge in [0.25, 0.3) is 0 Å². The highest BCUT2D eigenvalue weighted by Gasteiger charge is 2.35. The van der Waals surface area contributed by atoms with Crippen LogP contribution in [0.2, 0.25) is 0 Å². The van der Waals surface area contributed by atoms with Gasteiger partial charge in [0, 0.05) is 24.7 Å². The third kappa shape index (κ3) is 3.55. The second kappa shape index (κ2) is 6.76. The number of piperidine rings is 1. The third-order valence-corrected chi connectivity index (χ3v) is 5.88. The lowest BCUT2D eigenvalue weighted by molar-refractivity contribution is 0.104. The van der Waals surface area contributed by atoms with Crippen molar-refractivity contribution in [2.75, 3.05) is 39.8 Å². The zero-order chi connectivity index (χ0) is 13.8. The highest BCUT2D eigenvalue weighted by molar-refractivity contribution is 4.96. The van der Waals surface area contributed by atoms with Crippen molar-refractivity contribution in [3.05, 3.63) is 0 Å². The second-order valence-corrected chi connectivity index (χ2v) is 7.49. The van der Waals surface area contributed by atoms with E-state index in [1.165, 1.54) is 90.5 Å². The Morgan fingerprint density at radius 3 is 2.65 bits per heavy atom. The molecule has 1 saturated carbocycles. The number of likely N-dealkylation sites (tertiary alicyclic amines) is 1. The summed E-state index contributed by atoms with van der Waals surface area (Å²) in [4.78, 5) is 5.40. The standard InChI is InChI=1S/C17H33N3/c1-19-12-6-3-8-16(19)14-20-13-7-11-18-17(15-20)9-4-2-5-10-17/h16,18H,2-15H2,1H3. The summed E-state index contributed by atoms with van der Waals surface area (Å²) in [7, 11) is 2.33. The van der Waals surface area contributed by atoms with Gasteiger partial charge < -0.3 is 10.2 Å². The van der Waals surface area contributed by atoms with Crippen LogP contribution in [0.1, 0.15) is 57.8 Å². The molecule has 0 amide bonds. The van der Waals surface area contributed by atoms with Gasteiger partial charge in [0.1, 0.15) is 0 Å². The molecule has 0 aromatic heterocycles. The summed E-state index contributed by atoms with van der Waals surface area (Å²) >= 11 is 0. The van der Waals surface area contributed by atoms with E-state index >= 15 is 0 Å². The molecule has 3 fully saturated rings. The predicted octanol–water partition coefficient (Wildman–Crippen LogP) is 2.47. The maximum absolute atomic E-state index is 3.92. The fraction of sp³-hybridized carbons (Fsp3) is 1.00. The molecule has 2 aliphatic heterocycles. The van der Waals surface area contributed by atoms with E-state index in [2.05, 4.69) is 22.2 Å². The first-order chi connectivity index (χ1) is 9.77. The Hall–Kier alpha value is -0.120. The zero-order valence-corrected chi connectivity index (χ0v) is 13.4. The van der Waals surface area contributed by atoms with Crippen LogP contribution in [0.15, 0.2) is 0 Å². The Morgan fingerprint density at radius 2 is 1.85 bits per heavy atom. The largest absolute Gasteiger partial charge is 0.310 e. The Labute approximate surface area is 125 Å². The summed E-state index contributed by atoms with van der Waals surface area (Å²) in [5.41, 5.74) is 0.460. The van der Waals surface area contributed by atoms with Crippen LogP contribution in [-0.4, -0.2) is 61.2 Å². The van der Waals surface area contributed by atoms with E-state index in [-0.39, 0.29) is 0 Å². The lowest BCUT2D eigenvalue weighted by atomic mass is 9.81. The molecule has 3 aliphatic rings. The molecule has 1 aliphatic carbocycles. The Kier molecular flexibility index (Phi) is 5.00. The maximum Gasteiger partial charge on any atom is 0.0308 e. The molecule has 0 aromatic carbocycles. The Bertz CT molecular complexity index is 299. The van der Waals surface area contributed by atoms with E-state index in [4.69, 9.17) is 0 Å². The number of likely N-dealkylation sites (N-methyl/N-ethyl adjacent to an activating group) is 1. The summed E-state index contributed by atoms with van der Waals surface area (Å²) < 4.78 is 0. The molecule has 2 heterocycles. The molecule has 0 bridgehead atoms. The van der Waals surface area contributed by atoms with Crippen LogP contribution >= 0.6 is 0 Å². The molecule has 0 aromatic rings. The van der Waals surface area contributed by atoms with E-state index in [0.29, 0.717) is 5.54 Å². The zero-order valence-electron chi connectivity index (χ0n) is 13.4. The molecular weight excluding hydrogens is 246 g/mol. The van der Waals surface area contributed by atoms with Gasteiger partial charge in [-0.05, 0) is 58.8 Å². The highest BCUT2D eigenvalue weighted by atomic mass is 15.2. The van der Waals surface area contributed by atoms with Crippen LogP contribution < -0.4 is 5.32 Å². The summed E-state index contributed by atoms with van der Waals surface area (Å²) in [6.45, 7) is 6.45. The first-order valence-electron chi connectivity index (χ1n) is 8.95. The van der Waals surface area contributed by atoms with Crippen LogP contribution in [0, 0.1) is 0 Å². The summed E-state index contributed by atoms with van der Waals surface area (Å²) in [5.74, 6) is 0. The van der Waals surface area contributed by atoms with Gasteiger partial charge in [0.15, 0.2) is 0 Å². The number of hydrogen-bond donors (Lipinski definition) is 1. The van der Waals surface area contributed by atoms with Crippen molar-refractivity contribution in [2.45, 2.75) is 69.4 Å². The van der Waals surface area contributed by atoms with Crippen molar-refractivity contribution >= 4 is 0 Å². The molecule has 1 unspecified atom stereocenters. The van der Waals surface area contributed by atoms with Crippen molar-refractivity contribution in [3.63, 3.8) is 0 Å². The van der Waals surface area contributed by atoms with Gasteiger partial charge in [-0.1, -0.05) is 25.7 Å². The summed E-state index contributed by atoms with van der Waals surface area (Å²) in [6.07, 6.45) is 12.7. The first kappa shape index (κ1) is 14.8. The van der Waals surface area contributed by atoms with Gasteiger partial charge in [-0.3, -0.25) is 4.90 Å². The van der Waals surface area contributed by atoms with Gasteiger partial charge >= 0.3 is 0 Å². The van der Waals surface area contributed by atoms with E-state index in [1.54, 1.807) is 0 Å². The van der Waals surface area contributed by atoms with E-state index < -0.39 is 0 Å². The highest BCUT2D eigenvalue weighted by Crippen LogP contribution is 2.30. The molecule has 116 valence electrons. The maximum atomic E-state index is 3.92. The minimum atomic E-state index is 0.460. The van der Waals surface area contributed by atoms with Gasteiger partial charge in [0.05, 0.1) is 0 Å². The van der Waals surface area contributed by atoms with E-state index in [0.717, 1.165) is 6.04 Å². The number of nitrogens with zero attached hydrogens (tertiary/aromatic N) is 2. The molecule has 1 spiro atoms. The quantitative estimate of drug-likeness (QED) is 0.838. The Balaban J connectivity index is 1.59. The predicted molar refractivity (Wildman–Crippen MR) is 85.1 cm³/mol. The van der Waals surface area contributed by atoms with Crippen LogP contribution in [-0.2, 0) is 0 Å². The number of hydrogen-bond acceptors (Lipinski definition) is 3. The third-order valence-electron chi connectivity index (χ3n) is 5.88. The van der Waals surface area contributed by atoms with E-state index in [1.807, 2.05) is 0 Å². The normalized spacial score (nSPS) is 33.1. The summed E-state index contributed by atoms with van der Waals surface area (Å²) in [6, 6.07) is 0.808. The molecule has 0 radical (unpaired) electrons. The molecule has 20 heavy (non-hydrogen) atoms. The van der Waals surface area contributed by atoms with Crippen molar-refractivity contribution in [3.8, 4) is 0 Å². The minimum Gasteiger partial charge on any atom is -0.310 e. The lowest BCUT2D eigenvalue weighted by Crippen LogP contribution is -2.54. The second-order valence-electron chi connectivity index (χ2n) is 7.49. The molecular formula is C17H33N3.